The first kappa shape index (κ1) is 21.3. The van der Waals surface area contributed by atoms with Crippen LogP contribution in [0.3, 0.4) is 0 Å². The monoisotopic (exact) mass is 438 g/mol. The largest absolute Gasteiger partial charge is 0.478 e. The van der Waals surface area contributed by atoms with E-state index >= 15 is 0 Å². The van der Waals surface area contributed by atoms with Crippen molar-refractivity contribution in [2.24, 2.45) is 5.73 Å². The molecule has 8 heteroatoms. The molecule has 0 fully saturated rings. The number of carboxylic acids is 1. The van der Waals surface area contributed by atoms with E-state index in [1.807, 2.05) is 6.07 Å². The van der Waals surface area contributed by atoms with E-state index < -0.39 is 11.9 Å². The Balaban J connectivity index is 1.61. The number of carboxylic acid groups (broad SMARTS) is 1. The molecule has 4 rings (SSSR count). The molecular formula is C25H18N4O4. The first-order chi connectivity index (χ1) is 15.9. The summed E-state index contributed by atoms with van der Waals surface area (Å²) < 4.78 is 0. The number of benzene rings is 3. The van der Waals surface area contributed by atoms with Crippen LogP contribution in [0.2, 0.25) is 0 Å². The average Bonchev–Trinajstić information content (AvgIpc) is 3.12. The van der Waals surface area contributed by atoms with Crippen molar-refractivity contribution in [3.05, 3.63) is 95.3 Å². The van der Waals surface area contributed by atoms with E-state index in [-0.39, 0.29) is 29.3 Å². The van der Waals surface area contributed by atoms with Crippen LogP contribution in [0.5, 0.6) is 0 Å². The van der Waals surface area contributed by atoms with Gasteiger partial charge in [-0.1, -0.05) is 36.4 Å². The SMILES string of the molecule is N#CC1=C(N)CC(=O)N1c1ccc(NC(=O)c2ccccc2-c2ccccc2C(=O)O)cc1. The molecule has 0 aliphatic carbocycles. The van der Waals surface area contributed by atoms with Crippen molar-refractivity contribution in [1.82, 2.24) is 0 Å². The minimum atomic E-state index is -1.08. The molecule has 1 aliphatic rings. The van der Waals surface area contributed by atoms with Crippen LogP contribution in [0.1, 0.15) is 27.1 Å². The quantitative estimate of drug-likeness (QED) is 0.555. The number of nitrogens with one attached hydrogen (secondary N) is 1. The first-order valence-corrected chi connectivity index (χ1v) is 9.95. The van der Waals surface area contributed by atoms with Crippen molar-refractivity contribution in [3.8, 4) is 17.2 Å². The van der Waals surface area contributed by atoms with Crippen molar-refractivity contribution in [3.63, 3.8) is 0 Å². The number of nitrogens with zero attached hydrogens (tertiary/aromatic N) is 2. The topological polar surface area (TPSA) is 137 Å². The van der Waals surface area contributed by atoms with Crippen LogP contribution in [0, 0.1) is 11.3 Å². The number of carbonyl (C=O) groups excluding carboxylic acids is 2. The van der Waals surface area contributed by atoms with Gasteiger partial charge in [-0.25, -0.2) is 4.79 Å². The highest BCUT2D eigenvalue weighted by Crippen LogP contribution is 2.30. The summed E-state index contributed by atoms with van der Waals surface area (Å²) in [6.07, 6.45) is -0.0179. The molecule has 0 spiro atoms. The zero-order valence-electron chi connectivity index (χ0n) is 17.3. The number of rotatable bonds is 5. The second kappa shape index (κ2) is 8.69. The van der Waals surface area contributed by atoms with Gasteiger partial charge in [0.05, 0.1) is 17.7 Å². The predicted octanol–water partition coefficient (Wildman–Crippen LogP) is 3.73. The number of nitriles is 1. The van der Waals surface area contributed by atoms with E-state index in [1.165, 1.54) is 11.0 Å². The van der Waals surface area contributed by atoms with E-state index in [9.17, 15) is 24.8 Å². The van der Waals surface area contributed by atoms with Crippen LogP contribution in [-0.2, 0) is 4.79 Å². The van der Waals surface area contributed by atoms with E-state index in [1.54, 1.807) is 66.7 Å². The van der Waals surface area contributed by atoms with Gasteiger partial charge >= 0.3 is 5.97 Å². The Hall–Kier alpha value is -4.90. The third-order valence-electron chi connectivity index (χ3n) is 5.23. The Kier molecular flexibility index (Phi) is 5.62. The molecule has 1 heterocycles. The Morgan fingerprint density at radius 3 is 2.12 bits per heavy atom. The Morgan fingerprint density at radius 1 is 0.939 bits per heavy atom. The number of amides is 2. The zero-order chi connectivity index (χ0) is 23.5. The molecule has 3 aromatic carbocycles. The molecule has 0 bridgehead atoms. The van der Waals surface area contributed by atoms with Crippen LogP contribution >= 0.6 is 0 Å². The molecule has 3 aromatic rings. The number of hydrogen-bond acceptors (Lipinski definition) is 5. The van der Waals surface area contributed by atoms with Gasteiger partial charge < -0.3 is 16.2 Å². The minimum Gasteiger partial charge on any atom is -0.478 e. The fourth-order valence-corrected chi connectivity index (χ4v) is 3.70. The number of aromatic carboxylic acids is 1. The molecular weight excluding hydrogens is 420 g/mol. The molecule has 0 radical (unpaired) electrons. The Morgan fingerprint density at radius 2 is 1.52 bits per heavy atom. The summed E-state index contributed by atoms with van der Waals surface area (Å²) in [5.41, 5.74) is 8.35. The molecule has 0 aromatic heterocycles. The maximum atomic E-state index is 13.0. The third-order valence-corrected chi connectivity index (χ3v) is 5.23. The molecule has 2 amide bonds. The maximum Gasteiger partial charge on any atom is 0.336 e. The van der Waals surface area contributed by atoms with E-state index in [0.29, 0.717) is 28.1 Å². The van der Waals surface area contributed by atoms with E-state index in [0.717, 1.165) is 0 Å². The smallest absolute Gasteiger partial charge is 0.336 e. The van der Waals surface area contributed by atoms with E-state index in [4.69, 9.17) is 5.73 Å². The van der Waals surface area contributed by atoms with Gasteiger partial charge in [-0.05, 0) is 47.5 Å². The van der Waals surface area contributed by atoms with Crippen molar-refractivity contribution >= 4 is 29.2 Å². The van der Waals surface area contributed by atoms with Crippen LogP contribution < -0.4 is 16.0 Å². The van der Waals surface area contributed by atoms with Gasteiger partial charge in [-0.2, -0.15) is 5.26 Å². The van der Waals surface area contributed by atoms with Crippen molar-refractivity contribution < 1.29 is 19.5 Å². The number of nitrogens with two attached hydrogens (primary N) is 1. The highest BCUT2D eigenvalue weighted by Gasteiger charge is 2.30. The molecule has 0 saturated carbocycles. The molecule has 8 nitrogen and oxygen atoms in total. The molecule has 33 heavy (non-hydrogen) atoms. The standard InChI is InChI=1S/C25H18N4O4/c26-14-22-21(27)13-23(30)29(22)16-11-9-15(10-12-16)28-24(31)19-7-3-1-5-17(19)18-6-2-4-8-20(18)25(32)33/h1-12H,13,27H2,(H,28,31)(H,32,33). The second-order valence-electron chi connectivity index (χ2n) is 7.29. The van der Waals surface area contributed by atoms with Crippen molar-refractivity contribution in [2.75, 3.05) is 10.2 Å². The zero-order valence-corrected chi connectivity index (χ0v) is 17.3. The second-order valence-corrected chi connectivity index (χ2v) is 7.29. The van der Waals surface area contributed by atoms with Gasteiger partial charge in [0.15, 0.2) is 0 Å². The van der Waals surface area contributed by atoms with Gasteiger partial charge in [-0.3, -0.25) is 14.5 Å². The number of hydrogen-bond donors (Lipinski definition) is 3. The summed E-state index contributed by atoms with van der Waals surface area (Å²) in [6.45, 7) is 0. The van der Waals surface area contributed by atoms with Crippen molar-refractivity contribution in [2.45, 2.75) is 6.42 Å². The molecule has 0 unspecified atom stereocenters. The lowest BCUT2D eigenvalue weighted by Crippen LogP contribution is -2.24. The summed E-state index contributed by atoms with van der Waals surface area (Å²) in [4.78, 5) is 38.1. The maximum absolute atomic E-state index is 13.0. The number of anilines is 2. The first-order valence-electron chi connectivity index (χ1n) is 9.95. The van der Waals surface area contributed by atoms with Crippen molar-refractivity contribution in [1.29, 1.82) is 5.26 Å². The summed E-state index contributed by atoms with van der Waals surface area (Å²) in [5, 5.41) is 21.6. The van der Waals surface area contributed by atoms with Crippen LogP contribution in [0.25, 0.3) is 11.1 Å². The summed E-state index contributed by atoms with van der Waals surface area (Å²) in [6, 6.07) is 21.6. The summed E-state index contributed by atoms with van der Waals surface area (Å²) in [5.74, 6) is -1.80. The Bertz CT molecular complexity index is 1350. The summed E-state index contributed by atoms with van der Waals surface area (Å²) >= 11 is 0. The average molecular weight is 438 g/mol. The van der Waals surface area contributed by atoms with Gasteiger partial charge in [0, 0.05) is 16.9 Å². The summed E-state index contributed by atoms with van der Waals surface area (Å²) in [7, 11) is 0. The Labute approximate surface area is 189 Å². The lowest BCUT2D eigenvalue weighted by atomic mass is 9.95. The van der Waals surface area contributed by atoms with E-state index in [2.05, 4.69) is 5.32 Å². The molecule has 0 atom stereocenters. The third kappa shape index (κ3) is 4.03. The number of carbonyl (C=O) groups is 3. The lowest BCUT2D eigenvalue weighted by molar-refractivity contribution is -0.116. The van der Waals surface area contributed by atoms with Gasteiger partial charge in [0.25, 0.3) is 5.91 Å². The minimum absolute atomic E-state index is 0.0179. The van der Waals surface area contributed by atoms with Gasteiger partial charge in [0.1, 0.15) is 11.8 Å². The molecule has 4 N–H and O–H groups in total. The van der Waals surface area contributed by atoms with Gasteiger partial charge in [0.2, 0.25) is 5.91 Å². The fourth-order valence-electron chi connectivity index (χ4n) is 3.70. The van der Waals surface area contributed by atoms with Crippen LogP contribution in [0.4, 0.5) is 11.4 Å². The molecule has 0 saturated heterocycles. The van der Waals surface area contributed by atoms with Crippen LogP contribution in [0.15, 0.2) is 84.2 Å². The highest BCUT2D eigenvalue weighted by molar-refractivity contribution is 6.10. The normalized spacial score (nSPS) is 13.1. The number of allylic oxidation sites excluding steroid dienone is 1. The van der Waals surface area contributed by atoms with Gasteiger partial charge in [-0.15, -0.1) is 0 Å². The van der Waals surface area contributed by atoms with Crippen LogP contribution in [-0.4, -0.2) is 22.9 Å². The predicted molar refractivity (Wildman–Crippen MR) is 122 cm³/mol. The molecule has 1 aliphatic heterocycles. The lowest BCUT2D eigenvalue weighted by Gasteiger charge is -2.17. The fraction of sp³-hybridized carbons (Fsp3) is 0.0400. The highest BCUT2D eigenvalue weighted by atomic mass is 16.4. The molecule has 162 valence electrons.